The third kappa shape index (κ3) is 4.20. The molecule has 3 N–H and O–H groups in total. The van der Waals surface area contributed by atoms with Gasteiger partial charge in [0.1, 0.15) is 0 Å². The second kappa shape index (κ2) is 7.28. The van der Waals surface area contributed by atoms with Gasteiger partial charge in [0.15, 0.2) is 0 Å². The van der Waals surface area contributed by atoms with Gasteiger partial charge in [-0.25, -0.2) is 4.79 Å². The molecule has 0 amide bonds. The fraction of sp³-hybridized carbons (Fsp3) is 0.357. The average Bonchev–Trinajstić information content (AvgIpc) is 2.98. The van der Waals surface area contributed by atoms with Crippen molar-refractivity contribution in [1.29, 1.82) is 0 Å². The van der Waals surface area contributed by atoms with Gasteiger partial charge in [-0.2, -0.15) is 0 Å². The summed E-state index contributed by atoms with van der Waals surface area (Å²) in [4.78, 5) is 11.6. The molecule has 2 aromatic rings. The molecule has 7 nitrogen and oxygen atoms in total. The van der Waals surface area contributed by atoms with Crippen LogP contribution in [-0.4, -0.2) is 34.1 Å². The van der Waals surface area contributed by atoms with Gasteiger partial charge in [-0.05, 0) is 31.5 Å². The number of nitrogens with zero attached hydrogens (tertiary/aromatic N) is 3. The Bertz CT molecular complexity index is 583. The topological polar surface area (TPSA) is 95.1 Å². The molecule has 1 heterocycles. The summed E-state index contributed by atoms with van der Waals surface area (Å²) in [5, 5.41) is 10.9. The number of hydrogen-bond donors (Lipinski definition) is 2. The molecule has 0 saturated carbocycles. The maximum absolute atomic E-state index is 11.6. The molecule has 0 aliphatic rings. The number of aryl methyl sites for hydroxylation is 1. The van der Waals surface area contributed by atoms with Crippen molar-refractivity contribution in [2.75, 3.05) is 24.2 Å². The highest BCUT2D eigenvalue weighted by Crippen LogP contribution is 2.20. The van der Waals surface area contributed by atoms with Crippen molar-refractivity contribution in [2.45, 2.75) is 19.9 Å². The molecule has 0 fully saturated rings. The summed E-state index contributed by atoms with van der Waals surface area (Å²) in [5.74, 6) is -0.359. The van der Waals surface area contributed by atoms with E-state index in [0.29, 0.717) is 17.9 Å². The lowest BCUT2D eigenvalue weighted by atomic mass is 10.1. The summed E-state index contributed by atoms with van der Waals surface area (Å²) in [6.45, 7) is 3.66. The van der Waals surface area contributed by atoms with Gasteiger partial charge in [0.05, 0.1) is 29.7 Å². The summed E-state index contributed by atoms with van der Waals surface area (Å²) < 4.78 is 6.70. The lowest BCUT2D eigenvalue weighted by Gasteiger charge is -2.10. The minimum Gasteiger partial charge on any atom is -0.462 e. The quantitative estimate of drug-likeness (QED) is 0.456. The number of carbonyl (C=O) groups is 1. The van der Waals surface area contributed by atoms with Crippen LogP contribution in [0.25, 0.3) is 0 Å². The van der Waals surface area contributed by atoms with E-state index in [1.165, 1.54) is 0 Å². The second-order valence-electron chi connectivity index (χ2n) is 4.47. The number of anilines is 2. The Balaban J connectivity index is 1.84. The summed E-state index contributed by atoms with van der Waals surface area (Å²) in [5.41, 5.74) is 7.73. The first-order valence-corrected chi connectivity index (χ1v) is 6.85. The summed E-state index contributed by atoms with van der Waals surface area (Å²) >= 11 is 0. The molecule has 7 heteroatoms. The van der Waals surface area contributed by atoms with Crippen LogP contribution in [-0.2, 0) is 11.3 Å². The molecular weight excluding hydrogens is 270 g/mol. The van der Waals surface area contributed by atoms with Crippen LogP contribution in [0.1, 0.15) is 23.7 Å². The van der Waals surface area contributed by atoms with Crippen molar-refractivity contribution in [3.63, 3.8) is 0 Å². The SMILES string of the molecule is CCOC(=O)c1ccc(NCCCn2ccnn2)c(N)c1. The molecule has 1 aromatic heterocycles. The number of hydrogen-bond acceptors (Lipinski definition) is 6. The monoisotopic (exact) mass is 289 g/mol. The lowest BCUT2D eigenvalue weighted by molar-refractivity contribution is 0.0526. The van der Waals surface area contributed by atoms with E-state index in [-0.39, 0.29) is 5.97 Å². The smallest absolute Gasteiger partial charge is 0.338 e. The second-order valence-corrected chi connectivity index (χ2v) is 4.47. The number of esters is 1. The van der Waals surface area contributed by atoms with E-state index in [1.807, 2.05) is 6.20 Å². The number of rotatable bonds is 7. The number of nitrogens with one attached hydrogen (secondary N) is 1. The predicted molar refractivity (Wildman–Crippen MR) is 79.9 cm³/mol. The maximum Gasteiger partial charge on any atom is 0.338 e. The van der Waals surface area contributed by atoms with Gasteiger partial charge >= 0.3 is 5.97 Å². The fourth-order valence-corrected chi connectivity index (χ4v) is 1.88. The highest BCUT2D eigenvalue weighted by molar-refractivity contribution is 5.91. The van der Waals surface area contributed by atoms with E-state index in [9.17, 15) is 4.79 Å². The molecule has 0 bridgehead atoms. The Kier molecular flexibility index (Phi) is 5.14. The number of aromatic nitrogens is 3. The van der Waals surface area contributed by atoms with Crippen molar-refractivity contribution in [2.24, 2.45) is 0 Å². The first-order valence-electron chi connectivity index (χ1n) is 6.85. The lowest BCUT2D eigenvalue weighted by Crippen LogP contribution is -2.10. The van der Waals surface area contributed by atoms with Gasteiger partial charge in [0.2, 0.25) is 0 Å². The largest absolute Gasteiger partial charge is 0.462 e. The standard InChI is InChI=1S/C14H19N5O2/c1-2-21-14(20)11-4-5-13(12(15)10-11)16-6-3-8-19-9-7-17-18-19/h4-5,7,9-10,16H,2-3,6,8,15H2,1H3. The normalized spacial score (nSPS) is 10.3. The van der Waals surface area contributed by atoms with Gasteiger partial charge in [-0.3, -0.25) is 4.68 Å². The molecule has 0 unspecified atom stereocenters. The van der Waals surface area contributed by atoms with Crippen LogP contribution in [0.5, 0.6) is 0 Å². The van der Waals surface area contributed by atoms with E-state index in [1.54, 1.807) is 36.0 Å². The minimum atomic E-state index is -0.359. The van der Waals surface area contributed by atoms with Gasteiger partial charge in [-0.15, -0.1) is 5.10 Å². The minimum absolute atomic E-state index is 0.348. The molecule has 2 rings (SSSR count). The highest BCUT2D eigenvalue weighted by atomic mass is 16.5. The van der Waals surface area contributed by atoms with Crippen LogP contribution < -0.4 is 11.1 Å². The van der Waals surface area contributed by atoms with E-state index in [2.05, 4.69) is 15.6 Å². The van der Waals surface area contributed by atoms with Crippen LogP contribution in [0.15, 0.2) is 30.6 Å². The summed E-state index contributed by atoms with van der Waals surface area (Å²) in [6, 6.07) is 5.11. The molecule has 0 atom stereocenters. The number of benzene rings is 1. The van der Waals surface area contributed by atoms with Crippen molar-refractivity contribution in [3.8, 4) is 0 Å². The zero-order valence-corrected chi connectivity index (χ0v) is 12.0. The zero-order valence-electron chi connectivity index (χ0n) is 12.0. The molecule has 0 saturated heterocycles. The van der Waals surface area contributed by atoms with Crippen molar-refractivity contribution in [3.05, 3.63) is 36.2 Å². The zero-order chi connectivity index (χ0) is 15.1. The molecule has 112 valence electrons. The van der Waals surface area contributed by atoms with Crippen LogP contribution in [0, 0.1) is 0 Å². The Morgan fingerprint density at radius 3 is 3.00 bits per heavy atom. The number of nitrogen functional groups attached to an aromatic ring is 1. The molecule has 21 heavy (non-hydrogen) atoms. The number of nitrogens with two attached hydrogens (primary N) is 1. The molecule has 1 aromatic carbocycles. The van der Waals surface area contributed by atoms with Crippen molar-refractivity contribution < 1.29 is 9.53 Å². The Hall–Kier alpha value is -2.57. The third-order valence-corrected chi connectivity index (χ3v) is 2.91. The predicted octanol–water partition coefficient (Wildman–Crippen LogP) is 1.54. The Morgan fingerprint density at radius 1 is 1.48 bits per heavy atom. The number of carbonyl (C=O) groups excluding carboxylic acids is 1. The first-order chi connectivity index (χ1) is 10.2. The van der Waals surface area contributed by atoms with Gasteiger partial charge < -0.3 is 15.8 Å². The summed E-state index contributed by atoms with van der Waals surface area (Å²) in [7, 11) is 0. The van der Waals surface area contributed by atoms with Crippen molar-refractivity contribution in [1.82, 2.24) is 15.0 Å². The Labute approximate surface area is 123 Å². The van der Waals surface area contributed by atoms with E-state index >= 15 is 0 Å². The summed E-state index contributed by atoms with van der Waals surface area (Å²) in [6.07, 6.45) is 4.37. The van der Waals surface area contributed by atoms with Crippen LogP contribution in [0.2, 0.25) is 0 Å². The van der Waals surface area contributed by atoms with Crippen molar-refractivity contribution >= 4 is 17.3 Å². The molecule has 0 radical (unpaired) electrons. The van der Waals surface area contributed by atoms with Gasteiger partial charge in [0.25, 0.3) is 0 Å². The molecule has 0 spiro atoms. The molecular formula is C14H19N5O2. The Morgan fingerprint density at radius 2 is 2.33 bits per heavy atom. The highest BCUT2D eigenvalue weighted by Gasteiger charge is 2.08. The first kappa shape index (κ1) is 14.8. The van der Waals surface area contributed by atoms with E-state index in [4.69, 9.17) is 10.5 Å². The number of ether oxygens (including phenoxy) is 1. The van der Waals surface area contributed by atoms with E-state index in [0.717, 1.165) is 25.2 Å². The van der Waals surface area contributed by atoms with E-state index < -0.39 is 0 Å². The van der Waals surface area contributed by atoms with Gasteiger partial charge in [-0.1, -0.05) is 5.21 Å². The van der Waals surface area contributed by atoms with Crippen LogP contribution in [0.3, 0.4) is 0 Å². The van der Waals surface area contributed by atoms with Crippen LogP contribution in [0.4, 0.5) is 11.4 Å². The molecule has 0 aliphatic heterocycles. The molecule has 0 aliphatic carbocycles. The average molecular weight is 289 g/mol. The van der Waals surface area contributed by atoms with Gasteiger partial charge in [0, 0.05) is 19.3 Å². The fourth-order valence-electron chi connectivity index (χ4n) is 1.88. The van der Waals surface area contributed by atoms with Crippen LogP contribution >= 0.6 is 0 Å². The third-order valence-electron chi connectivity index (χ3n) is 2.91. The maximum atomic E-state index is 11.6.